The van der Waals surface area contributed by atoms with Crippen molar-refractivity contribution in [2.45, 2.75) is 6.18 Å². The number of hydrogen-bond acceptors (Lipinski definition) is 7. The van der Waals surface area contributed by atoms with Gasteiger partial charge in [0.15, 0.2) is 11.5 Å². The number of benzene rings is 5. The third-order valence-electron chi connectivity index (χ3n) is 6.23. The van der Waals surface area contributed by atoms with Crippen molar-refractivity contribution in [1.29, 1.82) is 0 Å². The van der Waals surface area contributed by atoms with E-state index in [0.717, 1.165) is 39.9 Å². The van der Waals surface area contributed by atoms with Crippen molar-refractivity contribution >= 4 is 45.4 Å². The van der Waals surface area contributed by atoms with E-state index in [4.69, 9.17) is 14.5 Å². The van der Waals surface area contributed by atoms with Gasteiger partial charge in [-0.1, -0.05) is 24.3 Å². The Labute approximate surface area is 232 Å². The molecule has 0 unspecified atom stereocenters. The molecule has 0 bridgehead atoms. The van der Waals surface area contributed by atoms with E-state index in [1.54, 1.807) is 30.5 Å². The van der Waals surface area contributed by atoms with Crippen LogP contribution in [0.15, 0.2) is 129 Å². The summed E-state index contributed by atoms with van der Waals surface area (Å²) in [4.78, 5) is 4.69. The molecule has 1 aliphatic rings. The van der Waals surface area contributed by atoms with Gasteiger partial charge in [0.2, 0.25) is 6.79 Å². The number of azo groups is 2. The van der Waals surface area contributed by atoms with Crippen LogP contribution in [0.25, 0.3) is 10.8 Å². The Bertz CT molecular complexity index is 1800. The molecule has 0 fully saturated rings. The molecule has 1 heterocycles. The Balaban J connectivity index is 1.17. The third-order valence-corrected chi connectivity index (χ3v) is 6.23. The smallest absolute Gasteiger partial charge is 0.416 e. The van der Waals surface area contributed by atoms with Crippen molar-refractivity contribution in [2.75, 3.05) is 6.79 Å². The molecule has 0 radical (unpaired) electrons. The van der Waals surface area contributed by atoms with Crippen LogP contribution >= 0.6 is 0 Å². The molecule has 0 N–H and O–H groups in total. The molecule has 0 saturated carbocycles. The van der Waals surface area contributed by atoms with Crippen LogP contribution in [0.1, 0.15) is 11.1 Å². The van der Waals surface area contributed by atoms with E-state index in [1.807, 2.05) is 54.6 Å². The van der Waals surface area contributed by atoms with Crippen LogP contribution in [-0.4, -0.2) is 13.0 Å². The van der Waals surface area contributed by atoms with Crippen LogP contribution in [0.5, 0.6) is 11.5 Å². The molecule has 0 spiro atoms. The zero-order chi connectivity index (χ0) is 28.2. The molecule has 41 heavy (non-hydrogen) atoms. The maximum Gasteiger partial charge on any atom is 0.416 e. The van der Waals surface area contributed by atoms with Crippen LogP contribution in [0.2, 0.25) is 0 Å². The van der Waals surface area contributed by atoms with E-state index >= 15 is 0 Å². The first kappa shape index (κ1) is 25.9. The molecule has 5 aromatic rings. The van der Waals surface area contributed by atoms with Gasteiger partial charge in [-0.05, 0) is 84.4 Å². The van der Waals surface area contributed by atoms with Crippen molar-refractivity contribution in [3.63, 3.8) is 0 Å². The Kier molecular flexibility index (Phi) is 6.95. The van der Waals surface area contributed by atoms with Gasteiger partial charge in [0, 0.05) is 17.0 Å². The maximum atomic E-state index is 12.7. The average Bonchev–Trinajstić information content (AvgIpc) is 3.46. The van der Waals surface area contributed by atoms with Crippen molar-refractivity contribution in [1.82, 2.24) is 0 Å². The minimum Gasteiger partial charge on any atom is -0.454 e. The van der Waals surface area contributed by atoms with E-state index in [2.05, 4.69) is 20.5 Å². The minimum atomic E-state index is -4.39. The van der Waals surface area contributed by atoms with Crippen molar-refractivity contribution < 1.29 is 22.6 Å². The number of hydrogen-bond donors (Lipinski definition) is 0. The fourth-order valence-electron chi connectivity index (χ4n) is 4.13. The van der Waals surface area contributed by atoms with Crippen molar-refractivity contribution in [3.8, 4) is 11.5 Å². The molecule has 0 aliphatic carbocycles. The summed E-state index contributed by atoms with van der Waals surface area (Å²) in [5, 5.41) is 18.7. The summed E-state index contributed by atoms with van der Waals surface area (Å²) in [6.07, 6.45) is -2.61. The lowest BCUT2D eigenvalue weighted by molar-refractivity contribution is -0.137. The van der Waals surface area contributed by atoms with Gasteiger partial charge in [-0.2, -0.15) is 28.5 Å². The van der Waals surface area contributed by atoms with Crippen molar-refractivity contribution in [2.24, 2.45) is 25.4 Å². The maximum absolute atomic E-state index is 12.7. The highest BCUT2D eigenvalue weighted by Crippen LogP contribution is 2.36. The average molecular weight is 552 g/mol. The highest BCUT2D eigenvalue weighted by Gasteiger charge is 2.29. The first-order valence-electron chi connectivity index (χ1n) is 12.5. The van der Waals surface area contributed by atoms with E-state index in [-0.39, 0.29) is 6.79 Å². The number of halogens is 3. The molecule has 0 aromatic heterocycles. The summed E-state index contributed by atoms with van der Waals surface area (Å²) in [6, 6.07) is 28.6. The number of ether oxygens (including phenoxy) is 2. The second kappa shape index (κ2) is 11.0. The minimum absolute atomic E-state index is 0.220. The molecule has 0 saturated heterocycles. The number of alkyl halides is 3. The van der Waals surface area contributed by atoms with E-state index in [1.165, 1.54) is 12.1 Å². The molecule has 10 heteroatoms. The van der Waals surface area contributed by atoms with Crippen LogP contribution < -0.4 is 9.47 Å². The van der Waals surface area contributed by atoms with Crippen molar-refractivity contribution in [3.05, 3.63) is 114 Å². The molecule has 0 amide bonds. The first-order valence-corrected chi connectivity index (χ1v) is 12.5. The van der Waals surface area contributed by atoms with Gasteiger partial charge < -0.3 is 9.47 Å². The Hall–Kier alpha value is -5.38. The number of fused-ring (bicyclic) bond motifs is 2. The third kappa shape index (κ3) is 5.96. The second-order valence-corrected chi connectivity index (χ2v) is 8.98. The van der Waals surface area contributed by atoms with Gasteiger partial charge >= 0.3 is 6.18 Å². The number of aliphatic imine (C=N–C) groups is 1. The summed E-state index contributed by atoms with van der Waals surface area (Å²) < 4.78 is 48.9. The summed E-state index contributed by atoms with van der Waals surface area (Å²) >= 11 is 0. The lowest BCUT2D eigenvalue weighted by Crippen LogP contribution is -2.03. The normalized spacial score (nSPS) is 13.2. The standard InChI is InChI=1S/C31H20F3N5O2/c32-31(33,34)21-6-8-22(9-7-21)36-37-23-10-12-24(13-11-23)38-39-28-15-14-27(25-3-1-2-4-26(25)28)35-18-20-5-16-29-30(17-20)41-19-40-29/h1-18H,19H2. The molecular formula is C31H20F3N5O2. The lowest BCUT2D eigenvalue weighted by Gasteiger charge is -2.05. The predicted octanol–water partition coefficient (Wildman–Crippen LogP) is 10.2. The first-order chi connectivity index (χ1) is 19.9. The van der Waals surface area contributed by atoms with Crippen LogP contribution in [0, 0.1) is 0 Å². The van der Waals surface area contributed by atoms with Gasteiger partial charge in [0.1, 0.15) is 0 Å². The summed E-state index contributed by atoms with van der Waals surface area (Å²) in [7, 11) is 0. The van der Waals surface area contributed by atoms with E-state index in [9.17, 15) is 13.2 Å². The highest BCUT2D eigenvalue weighted by atomic mass is 19.4. The van der Waals surface area contributed by atoms with Crippen LogP contribution in [0.3, 0.4) is 0 Å². The summed E-state index contributed by atoms with van der Waals surface area (Å²) in [5.41, 5.74) is 3.09. The predicted molar refractivity (Wildman–Crippen MR) is 150 cm³/mol. The van der Waals surface area contributed by atoms with Gasteiger partial charge in [-0.15, -0.1) is 5.11 Å². The van der Waals surface area contributed by atoms with Gasteiger partial charge in [0.05, 0.1) is 34.0 Å². The fourth-order valence-corrected chi connectivity index (χ4v) is 4.13. The monoisotopic (exact) mass is 551 g/mol. The zero-order valence-corrected chi connectivity index (χ0v) is 21.3. The molecule has 1 aliphatic heterocycles. The summed E-state index contributed by atoms with van der Waals surface area (Å²) in [6.45, 7) is 0.220. The Morgan fingerprint density at radius 2 is 1.15 bits per heavy atom. The fraction of sp³-hybridized carbons (Fsp3) is 0.0645. The summed E-state index contributed by atoms with van der Waals surface area (Å²) in [5.74, 6) is 1.42. The second-order valence-electron chi connectivity index (χ2n) is 8.98. The molecule has 6 rings (SSSR count). The van der Waals surface area contributed by atoms with Gasteiger partial charge in [-0.3, -0.25) is 4.99 Å². The van der Waals surface area contributed by atoms with Gasteiger partial charge in [0.25, 0.3) is 0 Å². The molecule has 202 valence electrons. The molecular weight excluding hydrogens is 531 g/mol. The quantitative estimate of drug-likeness (QED) is 0.155. The van der Waals surface area contributed by atoms with Crippen LogP contribution in [0.4, 0.5) is 41.6 Å². The topological polar surface area (TPSA) is 80.3 Å². The molecule has 7 nitrogen and oxygen atoms in total. The number of rotatable bonds is 6. The zero-order valence-electron chi connectivity index (χ0n) is 21.3. The molecule has 0 atom stereocenters. The highest BCUT2D eigenvalue weighted by molar-refractivity contribution is 6.01. The van der Waals surface area contributed by atoms with Gasteiger partial charge in [-0.25, -0.2) is 0 Å². The lowest BCUT2D eigenvalue weighted by atomic mass is 10.1. The Morgan fingerprint density at radius 3 is 1.80 bits per heavy atom. The molecule has 5 aromatic carbocycles. The number of nitrogens with zero attached hydrogens (tertiary/aromatic N) is 5. The van der Waals surface area contributed by atoms with E-state index < -0.39 is 11.7 Å². The Morgan fingerprint density at radius 1 is 0.585 bits per heavy atom. The SMILES string of the molecule is FC(F)(F)c1ccc(N=Nc2ccc(N=Nc3ccc(N=Cc4ccc5c(c4)OCO5)c4ccccc34)cc2)cc1. The largest absolute Gasteiger partial charge is 0.454 e. The van der Waals surface area contributed by atoms with E-state index in [0.29, 0.717) is 28.5 Å². The van der Waals surface area contributed by atoms with Crippen LogP contribution in [-0.2, 0) is 6.18 Å².